The van der Waals surface area contributed by atoms with Gasteiger partial charge in [0.05, 0.1) is 0 Å². The molecule has 0 N–H and O–H groups in total. The molecule has 3 rings (SSSR count). The van der Waals surface area contributed by atoms with Crippen molar-refractivity contribution in [2.75, 3.05) is 26.2 Å². The van der Waals surface area contributed by atoms with Crippen molar-refractivity contribution < 1.29 is 0 Å². The van der Waals surface area contributed by atoms with Crippen LogP contribution in [0.4, 0.5) is 0 Å². The van der Waals surface area contributed by atoms with Gasteiger partial charge in [-0.05, 0) is 62.2 Å². The fourth-order valence-corrected chi connectivity index (χ4v) is 4.04. The molecule has 21 heavy (non-hydrogen) atoms. The molecular weight excluding hydrogens is 256 g/mol. The molecule has 0 radical (unpaired) electrons. The molecule has 2 heteroatoms. The third-order valence-electron chi connectivity index (χ3n) is 5.20. The Kier molecular flexibility index (Phi) is 4.25. The van der Waals surface area contributed by atoms with Crippen LogP contribution in [-0.4, -0.2) is 36.8 Å². The molecule has 0 unspecified atom stereocenters. The van der Waals surface area contributed by atoms with Gasteiger partial charge in [-0.1, -0.05) is 30.3 Å². The van der Waals surface area contributed by atoms with E-state index in [0.717, 1.165) is 19.5 Å². The summed E-state index contributed by atoms with van der Waals surface area (Å²) in [6.45, 7) is 10.3. The number of hydrogen-bond donors (Lipinski definition) is 0. The molecule has 1 fully saturated rings. The summed E-state index contributed by atoms with van der Waals surface area (Å²) < 4.78 is 0. The van der Waals surface area contributed by atoms with Gasteiger partial charge in [-0.2, -0.15) is 0 Å². The van der Waals surface area contributed by atoms with Crippen molar-refractivity contribution in [1.29, 1.82) is 0 Å². The highest BCUT2D eigenvalue weighted by Crippen LogP contribution is 2.44. The van der Waals surface area contributed by atoms with Gasteiger partial charge in [0.2, 0.25) is 0 Å². The highest BCUT2D eigenvalue weighted by atomic mass is 15.1. The van der Waals surface area contributed by atoms with Crippen LogP contribution in [0.15, 0.2) is 41.9 Å². The van der Waals surface area contributed by atoms with Crippen LogP contribution in [0.1, 0.15) is 43.7 Å². The van der Waals surface area contributed by atoms with Crippen LogP contribution in [0.3, 0.4) is 0 Å². The van der Waals surface area contributed by atoms with E-state index in [2.05, 4.69) is 42.7 Å². The summed E-state index contributed by atoms with van der Waals surface area (Å²) >= 11 is 0. The lowest BCUT2D eigenvalue weighted by Crippen LogP contribution is -2.45. The van der Waals surface area contributed by atoms with Crippen LogP contribution >= 0.6 is 0 Å². The van der Waals surface area contributed by atoms with Crippen LogP contribution < -0.4 is 0 Å². The van der Waals surface area contributed by atoms with Gasteiger partial charge in [0.1, 0.15) is 0 Å². The van der Waals surface area contributed by atoms with E-state index in [1.54, 1.807) is 5.56 Å². The highest BCUT2D eigenvalue weighted by Gasteiger charge is 2.40. The molecule has 1 heterocycles. The Hall–Kier alpha value is -1.41. The predicted octanol–water partition coefficient (Wildman–Crippen LogP) is 3.81. The van der Waals surface area contributed by atoms with Crippen molar-refractivity contribution in [2.24, 2.45) is 4.99 Å². The van der Waals surface area contributed by atoms with Gasteiger partial charge in [-0.3, -0.25) is 9.89 Å². The molecule has 2 aliphatic rings. The molecule has 0 bridgehead atoms. The number of benzene rings is 1. The van der Waals surface area contributed by atoms with Gasteiger partial charge in [-0.15, -0.1) is 6.58 Å². The quantitative estimate of drug-likeness (QED) is 0.770. The second-order valence-electron chi connectivity index (χ2n) is 6.34. The molecular formula is C19H26N2. The minimum absolute atomic E-state index is 0.390. The third kappa shape index (κ3) is 2.69. The van der Waals surface area contributed by atoms with Gasteiger partial charge in [0.15, 0.2) is 0 Å². The highest BCUT2D eigenvalue weighted by molar-refractivity contribution is 6.03. The summed E-state index contributed by atoms with van der Waals surface area (Å²) in [5.41, 5.74) is 4.69. The Morgan fingerprint density at radius 3 is 2.71 bits per heavy atom. The average molecular weight is 282 g/mol. The third-order valence-corrected chi connectivity index (χ3v) is 5.20. The lowest BCUT2D eigenvalue weighted by atomic mass is 9.64. The van der Waals surface area contributed by atoms with Crippen LogP contribution in [0, 0.1) is 0 Å². The topological polar surface area (TPSA) is 15.6 Å². The molecule has 1 aromatic rings. The Balaban J connectivity index is 1.90. The van der Waals surface area contributed by atoms with Crippen LogP contribution in [-0.2, 0) is 5.41 Å². The van der Waals surface area contributed by atoms with Crippen LogP contribution in [0.25, 0.3) is 0 Å². The normalized spacial score (nSPS) is 23.2. The van der Waals surface area contributed by atoms with E-state index in [1.165, 1.54) is 43.6 Å². The van der Waals surface area contributed by atoms with Crippen molar-refractivity contribution in [3.05, 3.63) is 48.0 Å². The van der Waals surface area contributed by atoms with E-state index in [-0.39, 0.29) is 0 Å². The second-order valence-corrected chi connectivity index (χ2v) is 6.34. The molecule has 1 saturated heterocycles. The smallest absolute Gasteiger partial charge is 0.0423 e. The Labute approximate surface area is 128 Å². The first-order valence-corrected chi connectivity index (χ1v) is 8.25. The second kappa shape index (κ2) is 6.15. The largest absolute Gasteiger partial charge is 0.300 e. The van der Waals surface area contributed by atoms with Gasteiger partial charge in [-0.25, -0.2) is 0 Å². The maximum atomic E-state index is 4.74. The lowest BCUT2D eigenvalue weighted by molar-refractivity contribution is 0.163. The van der Waals surface area contributed by atoms with E-state index in [4.69, 9.17) is 4.99 Å². The fraction of sp³-hybridized carbons (Fsp3) is 0.526. The molecule has 0 saturated carbocycles. The SMILES string of the molecule is C=CCN1CCC2(CCC(=NCC)c3ccccc32)CC1. The zero-order valence-corrected chi connectivity index (χ0v) is 13.1. The van der Waals surface area contributed by atoms with Gasteiger partial charge < -0.3 is 0 Å². The van der Waals surface area contributed by atoms with E-state index in [1.807, 2.05) is 6.08 Å². The summed E-state index contributed by atoms with van der Waals surface area (Å²) in [6, 6.07) is 8.99. The molecule has 1 spiro atoms. The van der Waals surface area contributed by atoms with Crippen molar-refractivity contribution in [3.8, 4) is 0 Å². The van der Waals surface area contributed by atoms with Gasteiger partial charge in [0.25, 0.3) is 0 Å². The summed E-state index contributed by atoms with van der Waals surface area (Å²) in [6.07, 6.45) is 6.99. The Bertz CT molecular complexity index is 536. The Morgan fingerprint density at radius 1 is 1.24 bits per heavy atom. The first kappa shape index (κ1) is 14.5. The van der Waals surface area contributed by atoms with E-state index in [0.29, 0.717) is 5.41 Å². The molecule has 0 aromatic heterocycles. The van der Waals surface area contributed by atoms with Crippen LogP contribution in [0.5, 0.6) is 0 Å². The fourth-order valence-electron chi connectivity index (χ4n) is 4.04. The van der Waals surface area contributed by atoms with Crippen molar-refractivity contribution in [3.63, 3.8) is 0 Å². The van der Waals surface area contributed by atoms with E-state index in [9.17, 15) is 0 Å². The average Bonchev–Trinajstić information content (AvgIpc) is 2.53. The first-order valence-electron chi connectivity index (χ1n) is 8.25. The molecule has 1 aliphatic heterocycles. The zero-order valence-electron chi connectivity index (χ0n) is 13.1. The summed E-state index contributed by atoms with van der Waals surface area (Å²) in [7, 11) is 0. The summed E-state index contributed by atoms with van der Waals surface area (Å²) in [5, 5.41) is 0. The number of likely N-dealkylation sites (tertiary alicyclic amines) is 1. The molecule has 1 aliphatic carbocycles. The number of nitrogens with zero attached hydrogens (tertiary/aromatic N) is 2. The molecule has 2 nitrogen and oxygen atoms in total. The monoisotopic (exact) mass is 282 g/mol. The lowest BCUT2D eigenvalue weighted by Gasteiger charge is -2.45. The molecule has 112 valence electrons. The number of piperidine rings is 1. The van der Waals surface area contributed by atoms with Crippen molar-refractivity contribution in [2.45, 2.75) is 38.0 Å². The first-order chi connectivity index (χ1) is 10.3. The predicted molar refractivity (Wildman–Crippen MR) is 90.3 cm³/mol. The maximum absolute atomic E-state index is 4.74. The minimum Gasteiger partial charge on any atom is -0.300 e. The van der Waals surface area contributed by atoms with E-state index >= 15 is 0 Å². The molecule has 0 atom stereocenters. The number of fused-ring (bicyclic) bond motifs is 2. The van der Waals surface area contributed by atoms with Gasteiger partial charge in [0, 0.05) is 18.8 Å². The summed E-state index contributed by atoms with van der Waals surface area (Å²) in [5.74, 6) is 0. The summed E-state index contributed by atoms with van der Waals surface area (Å²) in [4.78, 5) is 7.26. The number of aliphatic imine (C=N–C) groups is 1. The number of rotatable bonds is 3. The number of hydrogen-bond acceptors (Lipinski definition) is 2. The van der Waals surface area contributed by atoms with Crippen molar-refractivity contribution >= 4 is 5.71 Å². The van der Waals surface area contributed by atoms with Crippen LogP contribution in [0.2, 0.25) is 0 Å². The Morgan fingerprint density at radius 2 is 2.00 bits per heavy atom. The zero-order chi connectivity index (χ0) is 14.7. The maximum Gasteiger partial charge on any atom is 0.0423 e. The van der Waals surface area contributed by atoms with E-state index < -0.39 is 0 Å². The van der Waals surface area contributed by atoms with Gasteiger partial charge >= 0.3 is 0 Å². The standard InChI is InChI=1S/C19H26N2/c1-3-13-21-14-11-19(12-15-21)10-9-18(20-4-2)16-7-5-6-8-17(16)19/h3,5-8H,1,4,9-15H2,2H3. The minimum atomic E-state index is 0.390. The van der Waals surface area contributed by atoms with Crippen molar-refractivity contribution in [1.82, 2.24) is 4.90 Å². The molecule has 1 aromatic carbocycles. The molecule has 0 amide bonds.